The van der Waals surface area contributed by atoms with E-state index >= 15 is 0 Å². The Balaban J connectivity index is 1.15. The maximum absolute atomic E-state index is 13.1. The third kappa shape index (κ3) is 4.61. The largest absolute Gasteiger partial charge is 0.349 e. The van der Waals surface area contributed by atoms with E-state index in [0.717, 1.165) is 25.9 Å². The Bertz CT molecular complexity index is 1110. The van der Waals surface area contributed by atoms with Crippen LogP contribution in [0.1, 0.15) is 36.0 Å². The molecule has 188 valence electrons. The van der Waals surface area contributed by atoms with Crippen molar-refractivity contribution in [3.63, 3.8) is 0 Å². The lowest BCUT2D eigenvalue weighted by molar-refractivity contribution is -0.135. The first-order valence-corrected chi connectivity index (χ1v) is 13.8. The van der Waals surface area contributed by atoms with E-state index in [-0.39, 0.29) is 46.4 Å². The van der Waals surface area contributed by atoms with Crippen LogP contribution in [0.25, 0.3) is 0 Å². The number of hydrogen-bond donors (Lipinski definition) is 1. The number of likely N-dealkylation sites (tertiary alicyclic amines) is 2. The fourth-order valence-electron chi connectivity index (χ4n) is 5.75. The van der Waals surface area contributed by atoms with Crippen LogP contribution in [0.2, 0.25) is 0 Å². The van der Waals surface area contributed by atoms with Gasteiger partial charge in [0.05, 0.1) is 4.90 Å². The number of nitrogens with zero attached hydrogens (tertiary/aromatic N) is 3. The van der Waals surface area contributed by atoms with Crippen molar-refractivity contribution in [3.05, 3.63) is 42.5 Å². The number of fused-ring (bicyclic) bond motifs is 1. The highest BCUT2D eigenvalue weighted by atomic mass is 32.2. The fourth-order valence-corrected chi connectivity index (χ4v) is 7.26. The van der Waals surface area contributed by atoms with Gasteiger partial charge in [-0.3, -0.25) is 14.4 Å². The number of carbonyl (C=O) groups excluding carboxylic acids is 3. The molecule has 5 rings (SSSR count). The molecule has 0 spiro atoms. The van der Waals surface area contributed by atoms with E-state index in [0.29, 0.717) is 44.6 Å². The first-order valence-electron chi connectivity index (χ1n) is 12.4. The van der Waals surface area contributed by atoms with E-state index in [4.69, 9.17) is 0 Å². The Labute approximate surface area is 206 Å². The predicted octanol–water partition coefficient (Wildman–Crippen LogP) is 1.08. The van der Waals surface area contributed by atoms with Crippen molar-refractivity contribution in [1.29, 1.82) is 0 Å². The van der Waals surface area contributed by atoms with Crippen molar-refractivity contribution >= 4 is 27.7 Å². The van der Waals surface area contributed by atoms with Gasteiger partial charge in [0.2, 0.25) is 21.8 Å². The number of carbonyl (C=O) groups is 3. The lowest BCUT2D eigenvalue weighted by Crippen LogP contribution is -2.43. The number of sulfonamides is 1. The van der Waals surface area contributed by atoms with Gasteiger partial charge in [-0.25, -0.2) is 8.42 Å². The van der Waals surface area contributed by atoms with Crippen LogP contribution in [0.15, 0.2) is 41.8 Å². The molecule has 1 N–H and O–H groups in total. The van der Waals surface area contributed by atoms with Crippen LogP contribution in [-0.4, -0.2) is 85.6 Å². The van der Waals surface area contributed by atoms with Gasteiger partial charge in [0, 0.05) is 56.8 Å². The maximum Gasteiger partial charge on any atom is 0.253 e. The lowest BCUT2D eigenvalue weighted by Gasteiger charge is -2.33. The summed E-state index contributed by atoms with van der Waals surface area (Å²) in [5, 5.41) is 2.85. The number of hydrogen-bond acceptors (Lipinski definition) is 5. The molecule has 3 heterocycles. The van der Waals surface area contributed by atoms with E-state index in [1.54, 1.807) is 17.0 Å². The Hall–Kier alpha value is -2.72. The molecule has 3 amide bonds. The highest BCUT2D eigenvalue weighted by Crippen LogP contribution is 2.47. The standard InChI is InChI=1S/C25H32N4O5S/c1-2-22(30)26-23-20-15-29(16-21(20)23)35(33,34)19-7-5-17(6-8-19)24(31)28-13-9-18(10-14-28)25(32)27-11-3-4-12-27/h2,5-8,18,20-21,23H,1,3-4,9-16H2,(H,26,30). The number of piperidine rings is 2. The average molecular weight is 501 g/mol. The molecule has 1 aromatic rings. The molecular weight excluding hydrogens is 468 g/mol. The molecule has 2 atom stereocenters. The molecule has 1 aliphatic carbocycles. The zero-order valence-electron chi connectivity index (χ0n) is 19.8. The molecule has 35 heavy (non-hydrogen) atoms. The third-order valence-corrected chi connectivity index (χ3v) is 9.79. The van der Waals surface area contributed by atoms with Gasteiger partial charge in [0.15, 0.2) is 0 Å². The minimum atomic E-state index is -3.66. The van der Waals surface area contributed by atoms with Crippen molar-refractivity contribution < 1.29 is 22.8 Å². The predicted molar refractivity (Wildman–Crippen MR) is 129 cm³/mol. The van der Waals surface area contributed by atoms with Gasteiger partial charge < -0.3 is 15.1 Å². The number of nitrogens with one attached hydrogen (secondary N) is 1. The summed E-state index contributed by atoms with van der Waals surface area (Å²) in [5.41, 5.74) is 0.449. The summed E-state index contributed by atoms with van der Waals surface area (Å²) in [6.45, 7) is 6.95. The van der Waals surface area contributed by atoms with Crippen molar-refractivity contribution in [2.75, 3.05) is 39.3 Å². The summed E-state index contributed by atoms with van der Waals surface area (Å²) in [6, 6.07) is 6.14. The van der Waals surface area contributed by atoms with Crippen LogP contribution in [0.4, 0.5) is 0 Å². The highest BCUT2D eigenvalue weighted by Gasteiger charge is 2.58. The van der Waals surface area contributed by atoms with E-state index in [1.807, 2.05) is 4.90 Å². The van der Waals surface area contributed by atoms with Gasteiger partial charge in [-0.1, -0.05) is 6.58 Å². The Morgan fingerprint density at radius 1 is 0.914 bits per heavy atom. The van der Waals surface area contributed by atoms with Crippen LogP contribution in [0, 0.1) is 17.8 Å². The molecule has 2 unspecified atom stereocenters. The summed E-state index contributed by atoms with van der Waals surface area (Å²) in [7, 11) is -3.66. The van der Waals surface area contributed by atoms with Crippen molar-refractivity contribution in [1.82, 2.24) is 19.4 Å². The van der Waals surface area contributed by atoms with Crippen molar-refractivity contribution in [3.8, 4) is 0 Å². The molecule has 4 fully saturated rings. The smallest absolute Gasteiger partial charge is 0.253 e. The maximum atomic E-state index is 13.1. The van der Waals surface area contributed by atoms with Gasteiger partial charge in [0.1, 0.15) is 0 Å². The number of amides is 3. The topological polar surface area (TPSA) is 107 Å². The zero-order valence-corrected chi connectivity index (χ0v) is 20.6. The first-order chi connectivity index (χ1) is 16.8. The SMILES string of the molecule is C=CC(=O)NC1C2CN(S(=O)(=O)c3ccc(C(=O)N4CCC(C(=O)N5CCCC5)CC4)cc3)CC21. The molecule has 0 bridgehead atoms. The van der Waals surface area contributed by atoms with Gasteiger partial charge in [-0.15, -0.1) is 0 Å². The number of benzene rings is 1. The van der Waals surface area contributed by atoms with Crippen LogP contribution >= 0.6 is 0 Å². The summed E-state index contributed by atoms with van der Waals surface area (Å²) in [4.78, 5) is 41.0. The molecule has 9 nitrogen and oxygen atoms in total. The van der Waals surface area contributed by atoms with E-state index in [1.165, 1.54) is 22.5 Å². The molecule has 1 saturated carbocycles. The van der Waals surface area contributed by atoms with E-state index in [9.17, 15) is 22.8 Å². The molecule has 10 heteroatoms. The Morgan fingerprint density at radius 2 is 1.51 bits per heavy atom. The molecule has 3 aliphatic heterocycles. The normalized spacial score (nSPS) is 26.9. The van der Waals surface area contributed by atoms with E-state index < -0.39 is 10.0 Å². The molecule has 1 aromatic carbocycles. The quantitative estimate of drug-likeness (QED) is 0.589. The average Bonchev–Trinajstić information content (AvgIpc) is 3.29. The van der Waals surface area contributed by atoms with Gasteiger partial charge in [-0.2, -0.15) is 4.31 Å². The number of rotatable bonds is 6. The Kier molecular flexibility index (Phi) is 6.43. The monoisotopic (exact) mass is 500 g/mol. The fraction of sp³-hybridized carbons (Fsp3) is 0.560. The van der Waals surface area contributed by atoms with Crippen LogP contribution in [-0.2, 0) is 19.6 Å². The molecule has 3 saturated heterocycles. The van der Waals surface area contributed by atoms with Gasteiger partial charge >= 0.3 is 0 Å². The second kappa shape index (κ2) is 9.39. The Morgan fingerprint density at radius 3 is 2.09 bits per heavy atom. The van der Waals surface area contributed by atoms with Crippen molar-refractivity contribution in [2.45, 2.75) is 36.6 Å². The van der Waals surface area contributed by atoms with Crippen LogP contribution in [0.5, 0.6) is 0 Å². The first kappa shape index (κ1) is 24.0. The second-order valence-electron chi connectivity index (χ2n) is 10.0. The second-order valence-corrected chi connectivity index (χ2v) is 11.9. The van der Waals surface area contributed by atoms with Gasteiger partial charge in [0.25, 0.3) is 5.91 Å². The molecule has 0 radical (unpaired) electrons. The summed E-state index contributed by atoms with van der Waals surface area (Å²) in [5.74, 6) is 0.106. The molecule has 4 aliphatic rings. The van der Waals surface area contributed by atoms with Crippen LogP contribution in [0.3, 0.4) is 0 Å². The van der Waals surface area contributed by atoms with Gasteiger partial charge in [-0.05, 0) is 67.9 Å². The third-order valence-electron chi connectivity index (χ3n) is 7.94. The molecular formula is C25H32N4O5S. The molecule has 0 aromatic heterocycles. The minimum absolute atomic E-state index is 0.0129. The summed E-state index contributed by atoms with van der Waals surface area (Å²) >= 11 is 0. The van der Waals surface area contributed by atoms with Crippen molar-refractivity contribution in [2.24, 2.45) is 17.8 Å². The highest BCUT2D eigenvalue weighted by molar-refractivity contribution is 7.89. The minimum Gasteiger partial charge on any atom is -0.349 e. The van der Waals surface area contributed by atoms with E-state index in [2.05, 4.69) is 11.9 Å². The van der Waals surface area contributed by atoms with Crippen LogP contribution < -0.4 is 5.32 Å². The zero-order chi connectivity index (χ0) is 24.7. The summed E-state index contributed by atoms with van der Waals surface area (Å²) < 4.78 is 27.6. The summed E-state index contributed by atoms with van der Waals surface area (Å²) in [6.07, 6.45) is 4.70. The lowest BCUT2D eigenvalue weighted by atomic mass is 9.95.